The van der Waals surface area contributed by atoms with E-state index in [0.29, 0.717) is 0 Å². The third kappa shape index (κ3) is 52.3. The normalized spacial score (nSPS) is 5.14. The Balaban J connectivity index is 0. The van der Waals surface area contributed by atoms with Gasteiger partial charge in [-0.15, -0.1) is 13.2 Å². The van der Waals surface area contributed by atoms with E-state index in [0.717, 1.165) is 0 Å². The predicted octanol–water partition coefficient (Wildman–Crippen LogP) is 0.568. The van der Waals surface area contributed by atoms with Gasteiger partial charge in [-0.25, -0.2) is 9.79 Å². The lowest BCUT2D eigenvalue weighted by atomic mass is 11.1. The maximum Gasteiger partial charge on any atom is 0.337 e. The molecule has 0 unspecified atom stereocenters. The molecule has 3 heteroatoms. The van der Waals surface area contributed by atoms with Crippen molar-refractivity contribution in [2.24, 2.45) is 10.7 Å². The third-order valence-electron chi connectivity index (χ3n) is 0.156. The Kier molecular flexibility index (Phi) is 11.8. The van der Waals surface area contributed by atoms with Crippen LogP contribution in [-0.4, -0.2) is 12.7 Å². The summed E-state index contributed by atoms with van der Waals surface area (Å²) in [6.07, 6.45) is 0. The Hall–Kier alpha value is -1.12. The van der Waals surface area contributed by atoms with Gasteiger partial charge in [0.15, 0.2) is 0 Å². The Morgan fingerprint density at radius 3 is 1.71 bits per heavy atom. The Morgan fingerprint density at radius 1 is 1.57 bits per heavy atom. The molecule has 0 fully saturated rings. The summed E-state index contributed by atoms with van der Waals surface area (Å²) in [7, 11) is 0. The molecule has 0 heterocycles. The Bertz CT molecular complexity index is 70.1. The second-order valence-corrected chi connectivity index (χ2v) is 0.496. The lowest BCUT2D eigenvalue weighted by Crippen LogP contribution is -2.01. The number of amides is 2. The number of carbonyl (C=O) groups excluding carboxylic acids is 1. The van der Waals surface area contributed by atoms with Gasteiger partial charge in [-0.1, -0.05) is 0 Å². The molecule has 0 spiro atoms. The lowest BCUT2D eigenvalue weighted by Gasteiger charge is -1.66. The first-order valence-corrected chi connectivity index (χ1v) is 1.53. The highest BCUT2D eigenvalue weighted by Crippen LogP contribution is 1.53. The zero-order chi connectivity index (χ0) is 6.28. The van der Waals surface area contributed by atoms with Crippen LogP contribution >= 0.6 is 0 Å². The van der Waals surface area contributed by atoms with Crippen molar-refractivity contribution in [3.8, 4) is 0 Å². The van der Waals surface area contributed by atoms with E-state index in [4.69, 9.17) is 0 Å². The second kappa shape index (κ2) is 8.86. The number of rotatable bonds is 0. The van der Waals surface area contributed by atoms with E-state index in [1.165, 1.54) is 0 Å². The van der Waals surface area contributed by atoms with Crippen molar-refractivity contribution in [1.29, 1.82) is 0 Å². The minimum absolute atomic E-state index is 0.731. The van der Waals surface area contributed by atoms with Crippen LogP contribution in [0.1, 0.15) is 0 Å². The second-order valence-electron chi connectivity index (χ2n) is 0.496. The summed E-state index contributed by atoms with van der Waals surface area (Å²) in [4.78, 5) is 12.1. The summed E-state index contributed by atoms with van der Waals surface area (Å²) in [5.41, 5.74) is 4.42. The molecular weight excluding hydrogens is 92.1 g/mol. The van der Waals surface area contributed by atoms with Crippen LogP contribution in [0.2, 0.25) is 0 Å². The van der Waals surface area contributed by atoms with E-state index < -0.39 is 6.03 Å². The fourth-order valence-electron chi connectivity index (χ4n) is 0. The fraction of sp³-hybridized carbons (Fsp3) is 0. The quantitative estimate of drug-likeness (QED) is 0.351. The van der Waals surface area contributed by atoms with Crippen LogP contribution in [0.25, 0.3) is 0 Å². The topological polar surface area (TPSA) is 55.4 Å². The molecule has 3 nitrogen and oxygen atoms in total. The van der Waals surface area contributed by atoms with Gasteiger partial charge in [0.2, 0.25) is 0 Å². The number of hydrogen-bond donors (Lipinski definition) is 1. The highest BCUT2D eigenvalue weighted by atomic mass is 16.2. The van der Waals surface area contributed by atoms with Crippen molar-refractivity contribution in [2.75, 3.05) is 0 Å². The van der Waals surface area contributed by atoms with E-state index in [2.05, 4.69) is 30.6 Å². The summed E-state index contributed by atoms with van der Waals surface area (Å²) in [6.45, 7) is 8.84. The molecule has 0 aliphatic heterocycles. The average Bonchev–Trinajstić information content (AvgIpc) is 1.73. The predicted molar refractivity (Wildman–Crippen MR) is 30.4 cm³/mol. The van der Waals surface area contributed by atoms with Gasteiger partial charge >= 0.3 is 6.03 Å². The van der Waals surface area contributed by atoms with Gasteiger partial charge in [0.25, 0.3) is 0 Å². The molecule has 0 rings (SSSR count). The molecule has 0 aliphatic rings. The van der Waals surface area contributed by atoms with Crippen molar-refractivity contribution in [1.82, 2.24) is 0 Å². The van der Waals surface area contributed by atoms with E-state index in [1.54, 1.807) is 0 Å². The molecule has 2 amide bonds. The molecule has 0 aliphatic carbocycles. The smallest absolute Gasteiger partial charge is 0.337 e. The van der Waals surface area contributed by atoms with Crippen molar-refractivity contribution in [3.63, 3.8) is 0 Å². The van der Waals surface area contributed by atoms with Crippen molar-refractivity contribution in [2.45, 2.75) is 0 Å². The first kappa shape index (κ1) is 9.30. The first-order chi connectivity index (χ1) is 3.27. The van der Waals surface area contributed by atoms with Gasteiger partial charge < -0.3 is 5.73 Å². The lowest BCUT2D eigenvalue weighted by molar-refractivity contribution is 0.257. The zero-order valence-corrected chi connectivity index (χ0v) is 4.05. The van der Waals surface area contributed by atoms with Crippen molar-refractivity contribution in [3.05, 3.63) is 13.2 Å². The minimum Gasteiger partial charge on any atom is -0.350 e. The van der Waals surface area contributed by atoms with E-state index in [9.17, 15) is 4.79 Å². The van der Waals surface area contributed by atoms with Gasteiger partial charge in [-0.05, 0) is 6.72 Å². The van der Waals surface area contributed by atoms with Gasteiger partial charge in [-0.3, -0.25) is 0 Å². The zero-order valence-electron chi connectivity index (χ0n) is 4.05. The van der Waals surface area contributed by atoms with Crippen LogP contribution in [0.3, 0.4) is 0 Å². The molecule has 0 atom stereocenters. The van der Waals surface area contributed by atoms with E-state index in [-0.39, 0.29) is 0 Å². The monoisotopic (exact) mass is 100 g/mol. The van der Waals surface area contributed by atoms with Crippen LogP contribution in [0.15, 0.2) is 18.2 Å². The number of hydrogen-bond acceptors (Lipinski definition) is 1. The maximum absolute atomic E-state index is 9.36. The molecule has 0 aromatic rings. The molecule has 0 bridgehead atoms. The van der Waals surface area contributed by atoms with E-state index in [1.807, 2.05) is 0 Å². The van der Waals surface area contributed by atoms with Crippen LogP contribution in [0, 0.1) is 0 Å². The van der Waals surface area contributed by atoms with Crippen LogP contribution < -0.4 is 5.73 Å². The number of urea groups is 1. The summed E-state index contributed by atoms with van der Waals surface area (Å²) in [6, 6.07) is -0.731. The molecule has 40 valence electrons. The highest BCUT2D eigenvalue weighted by molar-refractivity contribution is 5.76. The number of primary amides is 1. The minimum atomic E-state index is -0.731. The highest BCUT2D eigenvalue weighted by Gasteiger charge is 1.70. The summed E-state index contributed by atoms with van der Waals surface area (Å²) < 4.78 is 0. The number of carbonyl (C=O) groups is 1. The van der Waals surface area contributed by atoms with Gasteiger partial charge in [0.1, 0.15) is 0 Å². The number of nitrogens with zero attached hydrogens (tertiary/aromatic N) is 1. The molecule has 0 saturated heterocycles. The van der Waals surface area contributed by atoms with Crippen molar-refractivity contribution >= 4 is 12.7 Å². The van der Waals surface area contributed by atoms with E-state index >= 15 is 0 Å². The number of aliphatic imine (C=N–C) groups is 1. The summed E-state index contributed by atoms with van der Waals surface area (Å²) in [5, 5.41) is 0. The summed E-state index contributed by atoms with van der Waals surface area (Å²) in [5.74, 6) is 0. The van der Waals surface area contributed by atoms with Crippen LogP contribution in [0.4, 0.5) is 4.79 Å². The summed E-state index contributed by atoms with van der Waals surface area (Å²) >= 11 is 0. The van der Waals surface area contributed by atoms with Crippen molar-refractivity contribution < 1.29 is 4.79 Å². The molecule has 0 saturated carbocycles. The molecule has 0 aromatic carbocycles. The van der Waals surface area contributed by atoms with Gasteiger partial charge in [-0.2, -0.15) is 0 Å². The van der Waals surface area contributed by atoms with Crippen LogP contribution in [-0.2, 0) is 0 Å². The standard InChI is InChI=1S/C2H4N2O.C2H4/c1-4-2(3)5;1-2/h1H2,(H2,3,5);1-2H2. The third-order valence-corrected chi connectivity index (χ3v) is 0.156. The van der Waals surface area contributed by atoms with Crippen LogP contribution in [0.5, 0.6) is 0 Å². The maximum atomic E-state index is 9.36. The Labute approximate surface area is 42.5 Å². The molecular formula is C4H8N2O. The first-order valence-electron chi connectivity index (χ1n) is 1.53. The largest absolute Gasteiger partial charge is 0.350 e. The van der Waals surface area contributed by atoms with Gasteiger partial charge in [0.05, 0.1) is 0 Å². The molecule has 2 N–H and O–H groups in total. The average molecular weight is 100 g/mol. The number of nitrogens with two attached hydrogens (primary N) is 1. The SMILES string of the molecule is C=C.C=NC(N)=O. The fourth-order valence-corrected chi connectivity index (χ4v) is 0. The molecule has 0 aromatic heterocycles. The molecule has 0 radical (unpaired) electrons. The Morgan fingerprint density at radius 2 is 1.71 bits per heavy atom. The van der Waals surface area contributed by atoms with Gasteiger partial charge in [0, 0.05) is 0 Å². The molecule has 7 heavy (non-hydrogen) atoms.